The molecular weight excluding hydrogens is 472 g/mol. The van der Waals surface area contributed by atoms with Gasteiger partial charge in [-0.1, -0.05) is 13.5 Å². The number of fused-ring (bicyclic) bond motifs is 3. The fourth-order valence-electron chi connectivity index (χ4n) is 5.93. The molecule has 1 saturated carbocycles. The van der Waals surface area contributed by atoms with Crippen LogP contribution in [0.2, 0.25) is 0 Å². The molecule has 10 nitrogen and oxygen atoms in total. The number of aromatic hydroxyl groups is 1. The largest absolute Gasteiger partial charge is 0.504 e. The Kier molecular flexibility index (Phi) is 7.02. The van der Waals surface area contributed by atoms with Crippen molar-refractivity contribution in [2.24, 2.45) is 5.92 Å². The second-order valence-electron chi connectivity index (χ2n) is 10.9. The smallest absolute Gasteiger partial charge is 0.229 e. The quantitative estimate of drug-likeness (QED) is 0.269. The maximum absolute atomic E-state index is 13.3. The zero-order valence-electron chi connectivity index (χ0n) is 20.7. The van der Waals surface area contributed by atoms with E-state index < -0.39 is 60.4 Å². The van der Waals surface area contributed by atoms with Gasteiger partial charge in [0, 0.05) is 34.9 Å². The van der Waals surface area contributed by atoms with Gasteiger partial charge in [-0.2, -0.15) is 0 Å². The van der Waals surface area contributed by atoms with Gasteiger partial charge in [0.1, 0.15) is 24.4 Å². The number of hydrogen-bond donors (Lipinski definition) is 7. The van der Waals surface area contributed by atoms with Crippen molar-refractivity contribution in [3.63, 3.8) is 0 Å². The van der Waals surface area contributed by atoms with Gasteiger partial charge < -0.3 is 45.2 Å². The highest BCUT2D eigenvalue weighted by Gasteiger charge is 2.54. The number of aliphatic hydroxyl groups is 6. The topological polar surface area (TPSA) is 177 Å². The normalized spacial score (nSPS) is 39.4. The van der Waals surface area contributed by atoms with Crippen molar-refractivity contribution in [1.29, 1.82) is 0 Å². The number of carbonyl (C=O) groups excluding carboxylic acids is 1. The van der Waals surface area contributed by atoms with E-state index in [2.05, 4.69) is 6.58 Å². The summed E-state index contributed by atoms with van der Waals surface area (Å²) in [5.74, 6) is -1.19. The highest BCUT2D eigenvalue weighted by Crippen LogP contribution is 2.58. The number of hydrogen-bond acceptors (Lipinski definition) is 10. The molecule has 1 aromatic carbocycles. The first-order valence-corrected chi connectivity index (χ1v) is 12.2. The third kappa shape index (κ3) is 4.24. The number of phenolic OH excluding ortho intramolecular Hbond substituents is 1. The van der Waals surface area contributed by atoms with E-state index in [1.165, 1.54) is 6.92 Å². The molecule has 200 valence electrons. The van der Waals surface area contributed by atoms with Gasteiger partial charge in [0.25, 0.3) is 0 Å². The molecule has 10 heteroatoms. The molecule has 4 rings (SSSR count). The number of carbonyl (C=O) groups is 1. The van der Waals surface area contributed by atoms with E-state index in [0.29, 0.717) is 24.0 Å². The molecule has 1 aliphatic heterocycles. The Hall–Kier alpha value is -2.05. The average molecular weight is 509 g/mol. The van der Waals surface area contributed by atoms with Gasteiger partial charge in [0.15, 0.2) is 17.3 Å². The van der Waals surface area contributed by atoms with Crippen LogP contribution in [0.1, 0.15) is 61.5 Å². The highest BCUT2D eigenvalue weighted by molar-refractivity contribution is 6.01. The van der Waals surface area contributed by atoms with Crippen molar-refractivity contribution in [3.05, 3.63) is 34.9 Å². The van der Waals surface area contributed by atoms with Gasteiger partial charge >= 0.3 is 0 Å². The summed E-state index contributed by atoms with van der Waals surface area (Å²) < 4.78 is 11.3. The number of ketones is 1. The number of aliphatic hydroxyl groups excluding tert-OH is 5. The van der Waals surface area contributed by atoms with Gasteiger partial charge in [-0.15, -0.1) is 0 Å². The maximum atomic E-state index is 13.3. The third-order valence-corrected chi connectivity index (χ3v) is 8.20. The van der Waals surface area contributed by atoms with Crippen molar-refractivity contribution < 1.29 is 50.0 Å². The molecule has 0 bridgehead atoms. The second kappa shape index (κ2) is 9.36. The number of phenols is 1. The molecule has 0 radical (unpaired) electrons. The Morgan fingerprint density at radius 3 is 2.47 bits per heavy atom. The van der Waals surface area contributed by atoms with Crippen LogP contribution in [0.3, 0.4) is 0 Å². The van der Waals surface area contributed by atoms with Crippen LogP contribution in [0.5, 0.6) is 11.5 Å². The zero-order chi connectivity index (χ0) is 26.7. The zero-order valence-corrected chi connectivity index (χ0v) is 20.7. The van der Waals surface area contributed by atoms with Crippen molar-refractivity contribution in [2.45, 2.75) is 94.3 Å². The number of benzene rings is 1. The molecule has 2 aliphatic carbocycles. The fraction of sp³-hybridized carbons (Fsp3) is 0.654. The third-order valence-electron chi connectivity index (χ3n) is 8.20. The van der Waals surface area contributed by atoms with Crippen LogP contribution in [0, 0.1) is 5.92 Å². The first-order valence-electron chi connectivity index (χ1n) is 12.2. The molecule has 0 unspecified atom stereocenters. The van der Waals surface area contributed by atoms with Gasteiger partial charge in [-0.3, -0.25) is 4.79 Å². The molecule has 1 heterocycles. The van der Waals surface area contributed by atoms with Crippen molar-refractivity contribution in [1.82, 2.24) is 0 Å². The van der Waals surface area contributed by atoms with Crippen LogP contribution in [0.25, 0.3) is 0 Å². The Morgan fingerprint density at radius 2 is 1.86 bits per heavy atom. The molecule has 1 saturated heterocycles. The first kappa shape index (κ1) is 27.0. The lowest BCUT2D eigenvalue weighted by Gasteiger charge is -2.51. The molecule has 1 aromatic rings. The first-order chi connectivity index (χ1) is 16.7. The molecular formula is C26H36O10. The van der Waals surface area contributed by atoms with E-state index in [0.717, 1.165) is 0 Å². The van der Waals surface area contributed by atoms with E-state index in [4.69, 9.17) is 9.47 Å². The minimum absolute atomic E-state index is 0.00242. The summed E-state index contributed by atoms with van der Waals surface area (Å²) in [5.41, 5.74) is -0.496. The molecule has 0 spiro atoms. The molecule has 0 amide bonds. The van der Waals surface area contributed by atoms with E-state index in [1.807, 2.05) is 6.92 Å². The average Bonchev–Trinajstić information content (AvgIpc) is 2.80. The summed E-state index contributed by atoms with van der Waals surface area (Å²) in [7, 11) is 0. The lowest BCUT2D eigenvalue weighted by atomic mass is 9.53. The minimum Gasteiger partial charge on any atom is -0.504 e. The Labute approximate surface area is 209 Å². The van der Waals surface area contributed by atoms with Crippen LogP contribution < -0.4 is 4.74 Å². The van der Waals surface area contributed by atoms with Crippen molar-refractivity contribution >= 4 is 5.78 Å². The monoisotopic (exact) mass is 508 g/mol. The summed E-state index contributed by atoms with van der Waals surface area (Å²) in [4.78, 5) is 13.3. The molecule has 7 N–H and O–H groups in total. The maximum Gasteiger partial charge on any atom is 0.229 e. The Morgan fingerprint density at radius 1 is 1.19 bits per heavy atom. The summed E-state index contributed by atoms with van der Waals surface area (Å²) in [6.45, 7) is 8.51. The van der Waals surface area contributed by atoms with E-state index in [-0.39, 0.29) is 41.3 Å². The Bertz CT molecular complexity index is 1050. The van der Waals surface area contributed by atoms with Gasteiger partial charge in [-0.05, 0) is 44.2 Å². The standard InChI is InChI=1S/C26H36O10/c1-11(28)7-13-8-14-16(29)9-15-12(2)26(4,34)6-5-25(15,3)18(14)20(31)23(13)36-24-22(33)21(32)19(30)17(10-27)35-24/h8,11,15,17,19,21-22,24,27-28,30-34H,2,5-7,9-10H2,1,3-4H3/t11-,15+,17-,19-,21+,22-,24+,25+,26-/m1/s1. The van der Waals surface area contributed by atoms with Gasteiger partial charge in [0.05, 0.1) is 18.3 Å². The summed E-state index contributed by atoms with van der Waals surface area (Å²) in [6.07, 6.45) is -7.72. The summed E-state index contributed by atoms with van der Waals surface area (Å²) in [5, 5.41) is 72.7. The predicted molar refractivity (Wildman–Crippen MR) is 127 cm³/mol. The second-order valence-corrected chi connectivity index (χ2v) is 10.9. The van der Waals surface area contributed by atoms with Crippen LogP contribution in [-0.2, 0) is 16.6 Å². The summed E-state index contributed by atoms with van der Waals surface area (Å²) in [6, 6.07) is 1.56. The summed E-state index contributed by atoms with van der Waals surface area (Å²) >= 11 is 0. The Balaban J connectivity index is 1.84. The van der Waals surface area contributed by atoms with Crippen molar-refractivity contribution in [3.8, 4) is 11.5 Å². The number of rotatable bonds is 5. The van der Waals surface area contributed by atoms with Crippen LogP contribution in [0.4, 0.5) is 0 Å². The predicted octanol–water partition coefficient (Wildman–Crippen LogP) is 0.0555. The van der Waals surface area contributed by atoms with Crippen LogP contribution in [0.15, 0.2) is 18.2 Å². The molecule has 36 heavy (non-hydrogen) atoms. The van der Waals surface area contributed by atoms with E-state index in [1.54, 1.807) is 13.0 Å². The van der Waals surface area contributed by atoms with Gasteiger partial charge in [-0.25, -0.2) is 0 Å². The molecule has 2 fully saturated rings. The van der Waals surface area contributed by atoms with Gasteiger partial charge in [0.2, 0.25) is 6.29 Å². The highest BCUT2D eigenvalue weighted by atomic mass is 16.7. The van der Waals surface area contributed by atoms with E-state index in [9.17, 15) is 40.5 Å². The minimum atomic E-state index is -1.72. The number of Topliss-reactive ketones (excluding diaryl/α,β-unsaturated/α-hetero) is 1. The SMILES string of the molecule is C=C1[C@@H]2CC(=O)c3cc(C[C@@H](C)O)c(O[C@@H]4O[C@H](CO)[C@@H](O)[C@H](O)[C@H]4O)c(O)c3[C@@]2(C)CC[C@@]1(C)O. The van der Waals surface area contributed by atoms with E-state index >= 15 is 0 Å². The van der Waals surface area contributed by atoms with Crippen LogP contribution >= 0.6 is 0 Å². The molecule has 9 atom stereocenters. The molecule has 3 aliphatic rings. The molecule has 0 aromatic heterocycles. The lowest BCUT2D eigenvalue weighted by molar-refractivity contribution is -0.277. The fourth-order valence-corrected chi connectivity index (χ4v) is 5.93. The lowest BCUT2D eigenvalue weighted by Crippen LogP contribution is -2.60. The number of ether oxygens (including phenoxy) is 2. The van der Waals surface area contributed by atoms with Crippen LogP contribution in [-0.4, -0.2) is 90.5 Å². The van der Waals surface area contributed by atoms with Crippen molar-refractivity contribution in [2.75, 3.05) is 6.61 Å².